The van der Waals surface area contributed by atoms with Crippen LogP contribution in [0.2, 0.25) is 0 Å². The molecule has 172 valence electrons. The number of hydrogen-bond donors (Lipinski definition) is 4. The molecule has 1 aromatic heterocycles. The van der Waals surface area contributed by atoms with Gasteiger partial charge in [0.15, 0.2) is 0 Å². The van der Waals surface area contributed by atoms with Gasteiger partial charge in [-0.05, 0) is 5.56 Å². The number of fused-ring (bicyclic) bond motifs is 1. The van der Waals surface area contributed by atoms with E-state index < -0.39 is 18.3 Å². The molecule has 3 heterocycles. The Morgan fingerprint density at radius 1 is 1.12 bits per heavy atom. The molecule has 2 aliphatic heterocycles. The molecule has 4 N–H and O–H groups in total. The summed E-state index contributed by atoms with van der Waals surface area (Å²) >= 11 is 0. The number of benzene rings is 1. The standard InChI is InChI=1S/C22H29N5O5/c1-27-13-15(11-26-27)10-23-19(28)8-16-7-17-21(31-16)20(29)18(32-17)12-25-22(30)24-9-14-5-3-2-4-6-14/h2-6,11,13,16-18,20-21,29H,7-10,12H2,1H3,(H,23,28)(H2,24,25,30)/t16-,17+,18+,20+,21-/m0/s1. The first kappa shape index (κ1) is 22.3. The second kappa shape index (κ2) is 10.1. The topological polar surface area (TPSA) is 127 Å². The number of rotatable bonds is 8. The van der Waals surface area contributed by atoms with Crippen molar-refractivity contribution < 1.29 is 24.2 Å². The number of aromatic nitrogens is 2. The Hall–Kier alpha value is -2.95. The molecule has 10 heteroatoms. The van der Waals surface area contributed by atoms with Gasteiger partial charge in [-0.15, -0.1) is 0 Å². The highest BCUT2D eigenvalue weighted by atomic mass is 16.6. The maximum absolute atomic E-state index is 12.2. The number of nitrogens with zero attached hydrogens (tertiary/aromatic N) is 2. The zero-order valence-electron chi connectivity index (χ0n) is 17.9. The lowest BCUT2D eigenvalue weighted by Crippen LogP contribution is -2.44. The number of aryl methyl sites for hydroxylation is 1. The van der Waals surface area contributed by atoms with Crippen molar-refractivity contribution in [1.29, 1.82) is 0 Å². The molecule has 5 atom stereocenters. The second-order valence-electron chi connectivity index (χ2n) is 8.21. The minimum Gasteiger partial charge on any atom is -0.388 e. The minimum atomic E-state index is -0.863. The first-order chi connectivity index (χ1) is 15.5. The van der Waals surface area contributed by atoms with E-state index >= 15 is 0 Å². The third kappa shape index (κ3) is 5.64. The molecule has 0 aliphatic carbocycles. The fourth-order valence-corrected chi connectivity index (χ4v) is 4.09. The van der Waals surface area contributed by atoms with E-state index in [1.54, 1.807) is 10.9 Å². The number of carbonyl (C=O) groups is 2. The Kier molecular flexibility index (Phi) is 7.03. The maximum Gasteiger partial charge on any atom is 0.315 e. The molecule has 10 nitrogen and oxygen atoms in total. The number of carbonyl (C=O) groups excluding carboxylic acids is 2. The highest BCUT2D eigenvalue weighted by Crippen LogP contribution is 2.35. The van der Waals surface area contributed by atoms with Crippen molar-refractivity contribution >= 4 is 11.9 Å². The fraction of sp³-hybridized carbons (Fsp3) is 0.500. The van der Waals surface area contributed by atoms with Gasteiger partial charge in [0, 0.05) is 44.9 Å². The van der Waals surface area contributed by atoms with Crippen molar-refractivity contribution in [1.82, 2.24) is 25.7 Å². The van der Waals surface area contributed by atoms with Crippen molar-refractivity contribution in [2.45, 2.75) is 56.5 Å². The summed E-state index contributed by atoms with van der Waals surface area (Å²) in [7, 11) is 1.82. The summed E-state index contributed by atoms with van der Waals surface area (Å²) in [5.74, 6) is -0.123. The van der Waals surface area contributed by atoms with Gasteiger partial charge in [-0.1, -0.05) is 30.3 Å². The Morgan fingerprint density at radius 2 is 1.91 bits per heavy atom. The van der Waals surface area contributed by atoms with Gasteiger partial charge in [0.25, 0.3) is 0 Å². The van der Waals surface area contributed by atoms with Crippen LogP contribution in [0.1, 0.15) is 24.0 Å². The van der Waals surface area contributed by atoms with E-state index in [-0.39, 0.29) is 37.1 Å². The molecular formula is C22H29N5O5. The maximum atomic E-state index is 12.2. The van der Waals surface area contributed by atoms with Crippen LogP contribution in [0.15, 0.2) is 42.7 Å². The third-order valence-electron chi connectivity index (χ3n) is 5.70. The zero-order chi connectivity index (χ0) is 22.5. The van der Waals surface area contributed by atoms with Gasteiger partial charge in [0.1, 0.15) is 18.3 Å². The van der Waals surface area contributed by atoms with Gasteiger partial charge in [-0.2, -0.15) is 5.10 Å². The van der Waals surface area contributed by atoms with Crippen molar-refractivity contribution in [2.75, 3.05) is 6.54 Å². The minimum absolute atomic E-state index is 0.123. The van der Waals surface area contributed by atoms with Gasteiger partial charge < -0.3 is 30.5 Å². The Labute approximate surface area is 186 Å². The molecule has 32 heavy (non-hydrogen) atoms. The van der Waals surface area contributed by atoms with Crippen LogP contribution in [0.5, 0.6) is 0 Å². The van der Waals surface area contributed by atoms with Crippen LogP contribution in [-0.4, -0.2) is 63.9 Å². The van der Waals surface area contributed by atoms with Crippen LogP contribution in [0.25, 0.3) is 0 Å². The monoisotopic (exact) mass is 443 g/mol. The van der Waals surface area contributed by atoms with Gasteiger partial charge in [0.05, 0.1) is 24.8 Å². The van der Waals surface area contributed by atoms with E-state index in [0.29, 0.717) is 19.5 Å². The first-order valence-electron chi connectivity index (χ1n) is 10.8. The number of aliphatic hydroxyl groups is 1. The average Bonchev–Trinajstić information content (AvgIpc) is 3.46. The Bertz CT molecular complexity index is 920. The van der Waals surface area contributed by atoms with Crippen LogP contribution in [0, 0.1) is 0 Å². The van der Waals surface area contributed by atoms with Crippen LogP contribution < -0.4 is 16.0 Å². The lowest BCUT2D eigenvalue weighted by atomic mass is 10.1. The molecule has 1 aromatic carbocycles. The molecule has 2 aromatic rings. The SMILES string of the molecule is Cn1cc(CNC(=O)C[C@@H]2C[C@H]3O[C@H](CNC(=O)NCc4ccccc4)[C@@H](O)[C@H]3O2)cn1. The largest absolute Gasteiger partial charge is 0.388 e. The number of hydrogen-bond acceptors (Lipinski definition) is 6. The van der Waals surface area contributed by atoms with Crippen LogP contribution in [0.4, 0.5) is 4.79 Å². The highest BCUT2D eigenvalue weighted by Gasteiger charge is 2.50. The summed E-state index contributed by atoms with van der Waals surface area (Å²) in [6.07, 6.45) is 1.77. The van der Waals surface area contributed by atoms with Crippen molar-refractivity contribution in [3.05, 3.63) is 53.9 Å². The molecule has 2 saturated heterocycles. The highest BCUT2D eigenvalue weighted by molar-refractivity contribution is 5.76. The van der Waals surface area contributed by atoms with E-state index in [9.17, 15) is 14.7 Å². The van der Waals surface area contributed by atoms with Crippen LogP contribution >= 0.6 is 0 Å². The molecule has 0 unspecified atom stereocenters. The molecule has 2 aliphatic rings. The van der Waals surface area contributed by atoms with Gasteiger partial charge in [-0.25, -0.2) is 4.79 Å². The smallest absolute Gasteiger partial charge is 0.315 e. The van der Waals surface area contributed by atoms with Crippen molar-refractivity contribution in [3.8, 4) is 0 Å². The van der Waals surface area contributed by atoms with Crippen LogP contribution in [0.3, 0.4) is 0 Å². The van der Waals surface area contributed by atoms with E-state index in [2.05, 4.69) is 21.0 Å². The number of amides is 3. The van der Waals surface area contributed by atoms with Crippen molar-refractivity contribution in [3.63, 3.8) is 0 Å². The quantitative estimate of drug-likeness (QED) is 0.462. The summed E-state index contributed by atoms with van der Waals surface area (Å²) in [4.78, 5) is 24.2. The summed E-state index contributed by atoms with van der Waals surface area (Å²) in [5.41, 5.74) is 1.92. The zero-order valence-corrected chi connectivity index (χ0v) is 17.9. The summed E-state index contributed by atoms with van der Waals surface area (Å²) in [5, 5.41) is 23.0. The number of ether oxygens (including phenoxy) is 2. The molecule has 4 rings (SSSR count). The number of aliphatic hydroxyl groups excluding tert-OH is 1. The predicted octanol–water partition coefficient (Wildman–Crippen LogP) is 0.212. The average molecular weight is 444 g/mol. The molecule has 0 radical (unpaired) electrons. The van der Waals surface area contributed by atoms with E-state index in [4.69, 9.17) is 9.47 Å². The summed E-state index contributed by atoms with van der Waals surface area (Å²) in [6.45, 7) is 1.000. The normalized spacial score (nSPS) is 26.5. The van der Waals surface area contributed by atoms with Crippen LogP contribution in [-0.2, 0) is 34.4 Å². The number of nitrogens with one attached hydrogen (secondary N) is 3. The fourth-order valence-electron chi connectivity index (χ4n) is 4.09. The van der Waals surface area contributed by atoms with Gasteiger partial charge in [-0.3, -0.25) is 9.48 Å². The van der Waals surface area contributed by atoms with Gasteiger partial charge in [0.2, 0.25) is 5.91 Å². The lowest BCUT2D eigenvalue weighted by Gasteiger charge is -2.20. The first-order valence-corrected chi connectivity index (χ1v) is 10.8. The van der Waals surface area contributed by atoms with E-state index in [1.807, 2.05) is 43.6 Å². The second-order valence-corrected chi connectivity index (χ2v) is 8.21. The third-order valence-corrected chi connectivity index (χ3v) is 5.70. The molecule has 3 amide bonds. The molecule has 0 spiro atoms. The van der Waals surface area contributed by atoms with Crippen molar-refractivity contribution in [2.24, 2.45) is 7.05 Å². The molecule has 2 fully saturated rings. The summed E-state index contributed by atoms with van der Waals surface area (Å²) < 4.78 is 13.5. The Balaban J connectivity index is 1.15. The Morgan fingerprint density at radius 3 is 2.62 bits per heavy atom. The summed E-state index contributed by atoms with van der Waals surface area (Å²) in [6, 6.07) is 9.27. The molecule has 0 saturated carbocycles. The van der Waals surface area contributed by atoms with E-state index in [1.165, 1.54) is 0 Å². The molecular weight excluding hydrogens is 414 g/mol. The number of urea groups is 1. The predicted molar refractivity (Wildman–Crippen MR) is 114 cm³/mol. The molecule has 0 bridgehead atoms. The van der Waals surface area contributed by atoms with Gasteiger partial charge >= 0.3 is 6.03 Å². The van der Waals surface area contributed by atoms with E-state index in [0.717, 1.165) is 11.1 Å². The lowest BCUT2D eigenvalue weighted by molar-refractivity contribution is -0.124.